The van der Waals surface area contributed by atoms with E-state index in [0.29, 0.717) is 0 Å². The minimum absolute atomic E-state index is 0.199. The fourth-order valence-corrected chi connectivity index (χ4v) is 3.19. The number of rotatable bonds is 4. The third-order valence-corrected chi connectivity index (χ3v) is 4.86. The van der Waals surface area contributed by atoms with Crippen molar-refractivity contribution in [1.82, 2.24) is 0 Å². The van der Waals surface area contributed by atoms with E-state index in [9.17, 15) is 14.8 Å². The summed E-state index contributed by atoms with van der Waals surface area (Å²) in [5.41, 5.74) is 2.67. The summed E-state index contributed by atoms with van der Waals surface area (Å²) in [6, 6.07) is 0. The Labute approximate surface area is 138 Å². The van der Waals surface area contributed by atoms with Crippen molar-refractivity contribution in [1.29, 1.82) is 0 Å². The van der Waals surface area contributed by atoms with Crippen LogP contribution in [-0.4, -0.2) is 67.8 Å². The zero-order valence-electron chi connectivity index (χ0n) is 13.2. The number of fused-ring (bicyclic) bond motifs is 1. The quantitative estimate of drug-likeness (QED) is 0.394. The molecule has 2 aliphatic heterocycles. The Morgan fingerprint density at radius 1 is 1.38 bits per heavy atom. The molecule has 0 aromatic carbocycles. The van der Waals surface area contributed by atoms with Gasteiger partial charge in [-0.05, 0) is 30.0 Å². The van der Waals surface area contributed by atoms with E-state index in [4.69, 9.17) is 14.5 Å². The first-order valence-corrected chi connectivity index (χ1v) is 9.02. The minimum Gasteiger partial charge on any atom is -0.387 e. The van der Waals surface area contributed by atoms with E-state index in [1.165, 1.54) is 6.34 Å². The monoisotopic (exact) mass is 359 g/mol. The summed E-state index contributed by atoms with van der Waals surface area (Å²) in [5, 5.41) is 20.3. The molecule has 2 heterocycles. The van der Waals surface area contributed by atoms with Crippen LogP contribution in [0.15, 0.2) is 28.4 Å². The third kappa shape index (κ3) is 3.29. The van der Waals surface area contributed by atoms with Gasteiger partial charge in [0.2, 0.25) is 11.9 Å². The van der Waals surface area contributed by atoms with Gasteiger partial charge in [-0.3, -0.25) is 4.52 Å². The number of phosphoric ester groups is 1. The summed E-state index contributed by atoms with van der Waals surface area (Å²) in [7, 11) is -4.68. The zero-order chi connectivity index (χ0) is 17.6. The van der Waals surface area contributed by atoms with Gasteiger partial charge >= 0.3 is 7.82 Å². The maximum absolute atomic E-state index is 10.8. The van der Waals surface area contributed by atoms with Crippen molar-refractivity contribution in [3.63, 3.8) is 0 Å². The highest BCUT2D eigenvalue weighted by Gasteiger charge is 2.50. The van der Waals surface area contributed by atoms with E-state index >= 15 is 0 Å². The van der Waals surface area contributed by atoms with Crippen molar-refractivity contribution in [2.75, 3.05) is 6.61 Å². The standard InChI is InChI=1S/C14H19N2O7P/c1-7-3-9-10(4-8(7)2)16(6-15-9)14-13(18)12(17)11(23-14)5-22-24(19,20)21/h3-4,6,8,11-14,17-18H,5H2,1-2H3,(H-,19,20,21)/p+1/t8?,11-,12-,13-,14+/m1/s1. The Kier molecular flexibility index (Phi) is 4.61. The number of phosphoric acid groups is 1. The molecule has 3 aliphatic rings. The van der Waals surface area contributed by atoms with Gasteiger partial charge in [-0.25, -0.2) is 4.57 Å². The van der Waals surface area contributed by atoms with Crippen LogP contribution in [0.25, 0.3) is 0 Å². The van der Waals surface area contributed by atoms with Crippen molar-refractivity contribution < 1.29 is 38.4 Å². The first-order valence-electron chi connectivity index (χ1n) is 7.49. The van der Waals surface area contributed by atoms with Crippen LogP contribution in [0.5, 0.6) is 0 Å². The predicted molar refractivity (Wildman–Crippen MR) is 83.4 cm³/mol. The third-order valence-electron chi connectivity index (χ3n) is 4.37. The molecular weight excluding hydrogens is 339 g/mol. The maximum Gasteiger partial charge on any atom is 0.469 e. The first kappa shape index (κ1) is 17.6. The highest BCUT2D eigenvalue weighted by atomic mass is 31.2. The van der Waals surface area contributed by atoms with Crippen LogP contribution in [0.3, 0.4) is 0 Å². The zero-order valence-corrected chi connectivity index (χ0v) is 14.1. The lowest BCUT2D eigenvalue weighted by molar-refractivity contribution is -0.566. The molecule has 1 saturated heterocycles. The maximum atomic E-state index is 10.8. The van der Waals surface area contributed by atoms with Crippen LogP contribution in [0.4, 0.5) is 0 Å². The normalized spacial score (nSPS) is 36.0. The largest absolute Gasteiger partial charge is 0.469 e. The summed E-state index contributed by atoms with van der Waals surface area (Å²) in [4.78, 5) is 21.8. The highest BCUT2D eigenvalue weighted by molar-refractivity contribution is 7.46. The second kappa shape index (κ2) is 6.27. The number of ether oxygens (including phenoxy) is 1. The summed E-state index contributed by atoms with van der Waals surface area (Å²) >= 11 is 0. The number of nitrogens with zero attached hydrogens (tertiary/aromatic N) is 2. The SMILES string of the molecule is CC1=CC2=NC=[N+]([C@H]3O[C@H](COP(=O)(O)O)[C@@H](O)[C@H]3O)C2=CC1C. The molecule has 0 spiro atoms. The fourth-order valence-electron chi connectivity index (χ4n) is 2.85. The van der Waals surface area contributed by atoms with Gasteiger partial charge in [0.1, 0.15) is 18.3 Å². The van der Waals surface area contributed by atoms with Crippen LogP contribution in [0.1, 0.15) is 13.8 Å². The predicted octanol–water partition coefficient (Wildman–Crippen LogP) is -0.482. The molecule has 1 aliphatic carbocycles. The summed E-state index contributed by atoms with van der Waals surface area (Å²) in [5.74, 6) is 0.199. The van der Waals surface area contributed by atoms with E-state index in [-0.39, 0.29) is 5.92 Å². The molecule has 9 nitrogen and oxygen atoms in total. The molecule has 0 aromatic heterocycles. The van der Waals surface area contributed by atoms with Gasteiger partial charge in [0.05, 0.1) is 6.61 Å². The lowest BCUT2D eigenvalue weighted by Gasteiger charge is -2.19. The van der Waals surface area contributed by atoms with E-state index in [1.54, 1.807) is 4.58 Å². The van der Waals surface area contributed by atoms with E-state index in [0.717, 1.165) is 17.0 Å². The topological polar surface area (TPSA) is 132 Å². The number of hydrogen-bond donors (Lipinski definition) is 4. The number of aliphatic hydroxyl groups is 2. The molecule has 0 saturated carbocycles. The molecule has 1 fully saturated rings. The van der Waals surface area contributed by atoms with Crippen LogP contribution in [0.2, 0.25) is 0 Å². The molecule has 10 heteroatoms. The van der Waals surface area contributed by atoms with E-state index in [2.05, 4.69) is 9.52 Å². The van der Waals surface area contributed by atoms with E-state index < -0.39 is 39.0 Å². The highest BCUT2D eigenvalue weighted by Crippen LogP contribution is 2.37. The number of aliphatic imine (C=N–C) groups is 1. The number of hydrogen-bond acceptors (Lipinski definition) is 6. The summed E-state index contributed by atoms with van der Waals surface area (Å²) in [6.45, 7) is 3.50. The van der Waals surface area contributed by atoms with Crippen molar-refractivity contribution in [3.8, 4) is 0 Å². The lowest BCUT2D eigenvalue weighted by atomic mass is 9.93. The smallest absolute Gasteiger partial charge is 0.387 e. The molecule has 24 heavy (non-hydrogen) atoms. The molecule has 3 rings (SSSR count). The lowest BCUT2D eigenvalue weighted by Crippen LogP contribution is -2.39. The Morgan fingerprint density at radius 2 is 2.08 bits per heavy atom. The fraction of sp³-hybridized carbons (Fsp3) is 0.571. The van der Waals surface area contributed by atoms with Crippen molar-refractivity contribution in [2.24, 2.45) is 10.9 Å². The van der Waals surface area contributed by atoms with Crippen LogP contribution < -0.4 is 0 Å². The number of aliphatic hydroxyl groups excluding tert-OH is 2. The summed E-state index contributed by atoms with van der Waals surface area (Å²) in [6.07, 6.45) is 0.853. The second-order valence-electron chi connectivity index (χ2n) is 6.10. The molecule has 0 aromatic rings. The molecule has 5 atom stereocenters. The summed E-state index contributed by atoms with van der Waals surface area (Å²) < 4.78 is 22.3. The second-order valence-corrected chi connectivity index (χ2v) is 7.34. The average Bonchev–Trinajstić information content (AvgIpc) is 3.00. The van der Waals surface area contributed by atoms with Crippen molar-refractivity contribution >= 4 is 19.9 Å². The molecule has 0 amide bonds. The molecule has 0 radical (unpaired) electrons. The molecule has 0 bridgehead atoms. The van der Waals surface area contributed by atoms with Gasteiger partial charge in [0.25, 0.3) is 6.34 Å². The molecule has 132 valence electrons. The van der Waals surface area contributed by atoms with Gasteiger partial charge in [-0.1, -0.05) is 12.5 Å². The Bertz CT molecular complexity index is 708. The van der Waals surface area contributed by atoms with Gasteiger partial charge in [0.15, 0.2) is 5.70 Å². The van der Waals surface area contributed by atoms with Gasteiger partial charge in [-0.2, -0.15) is 4.58 Å². The average molecular weight is 359 g/mol. The van der Waals surface area contributed by atoms with Crippen LogP contribution in [0, 0.1) is 5.92 Å². The van der Waals surface area contributed by atoms with Gasteiger partial charge < -0.3 is 24.7 Å². The Morgan fingerprint density at radius 3 is 2.75 bits per heavy atom. The van der Waals surface area contributed by atoms with Crippen LogP contribution in [-0.2, 0) is 13.8 Å². The molecule has 4 N–H and O–H groups in total. The van der Waals surface area contributed by atoms with Gasteiger partial charge in [0, 0.05) is 0 Å². The van der Waals surface area contributed by atoms with Crippen molar-refractivity contribution in [3.05, 3.63) is 23.4 Å². The first-order chi connectivity index (χ1) is 11.2. The molecular formula is C14H20N2O7P+. The van der Waals surface area contributed by atoms with Gasteiger partial charge in [-0.15, -0.1) is 0 Å². The Hall–Kier alpha value is -1.19. The van der Waals surface area contributed by atoms with Crippen LogP contribution >= 0.6 is 7.82 Å². The van der Waals surface area contributed by atoms with Crippen molar-refractivity contribution in [2.45, 2.75) is 38.4 Å². The van der Waals surface area contributed by atoms with E-state index in [1.807, 2.05) is 26.0 Å². The Balaban J connectivity index is 1.75. The minimum atomic E-state index is -4.68. The molecule has 1 unspecified atom stereocenters. The number of allylic oxidation sites excluding steroid dienone is 3.